The number of hydrogen-bond acceptors (Lipinski definition) is 1. The first-order valence-corrected chi connectivity index (χ1v) is 4.64. The molecule has 0 aliphatic heterocycles. The lowest BCUT2D eigenvalue weighted by atomic mass is 10.1. The van der Waals surface area contributed by atoms with Crippen molar-refractivity contribution >= 4 is 0 Å². The Hall–Kier alpha value is -0.820. The first-order chi connectivity index (χ1) is 5.90. The normalized spacial score (nSPS) is 27.1. The average Bonchev–Trinajstić information content (AvgIpc) is 2.85. The molecule has 0 amide bonds. The summed E-state index contributed by atoms with van der Waals surface area (Å²) in [6.45, 7) is 0.873. The molecule has 1 aromatic carbocycles. The summed E-state index contributed by atoms with van der Waals surface area (Å²) in [4.78, 5) is 0. The third-order valence-electron chi connectivity index (χ3n) is 2.71. The molecule has 0 radical (unpaired) electrons. The molecule has 1 heteroatoms. The summed E-state index contributed by atoms with van der Waals surface area (Å²) < 4.78 is 0. The van der Waals surface area contributed by atoms with Gasteiger partial charge < -0.3 is 5.73 Å². The van der Waals surface area contributed by atoms with E-state index in [9.17, 15) is 0 Å². The van der Waals surface area contributed by atoms with Crippen LogP contribution in [0.1, 0.15) is 12.0 Å². The van der Waals surface area contributed by atoms with Crippen LogP contribution in [0.2, 0.25) is 0 Å². The van der Waals surface area contributed by atoms with Crippen molar-refractivity contribution in [1.82, 2.24) is 0 Å². The van der Waals surface area contributed by atoms with Gasteiger partial charge in [-0.25, -0.2) is 0 Å². The summed E-state index contributed by atoms with van der Waals surface area (Å²) in [6.07, 6.45) is 2.56. The molecule has 1 nitrogen and oxygen atoms in total. The van der Waals surface area contributed by atoms with Gasteiger partial charge in [-0.2, -0.15) is 0 Å². The van der Waals surface area contributed by atoms with E-state index in [-0.39, 0.29) is 0 Å². The highest BCUT2D eigenvalue weighted by atomic mass is 14.6. The fourth-order valence-electron chi connectivity index (χ4n) is 1.77. The fraction of sp³-hybridized carbons (Fsp3) is 0.455. The number of rotatable bonds is 3. The van der Waals surface area contributed by atoms with Crippen LogP contribution in [-0.4, -0.2) is 6.54 Å². The second-order valence-corrected chi connectivity index (χ2v) is 3.68. The molecule has 0 saturated heterocycles. The lowest BCUT2D eigenvalue weighted by Gasteiger charge is -1.98. The maximum absolute atomic E-state index is 5.58. The van der Waals surface area contributed by atoms with Crippen LogP contribution >= 0.6 is 0 Å². The van der Waals surface area contributed by atoms with E-state index in [0.717, 1.165) is 18.4 Å². The van der Waals surface area contributed by atoms with Crippen molar-refractivity contribution < 1.29 is 0 Å². The summed E-state index contributed by atoms with van der Waals surface area (Å²) >= 11 is 0. The van der Waals surface area contributed by atoms with Gasteiger partial charge in [-0.3, -0.25) is 0 Å². The van der Waals surface area contributed by atoms with Gasteiger partial charge in [0.1, 0.15) is 0 Å². The zero-order chi connectivity index (χ0) is 8.39. The molecule has 2 atom stereocenters. The highest BCUT2D eigenvalue weighted by Gasteiger charge is 2.34. The molecule has 12 heavy (non-hydrogen) atoms. The third kappa shape index (κ3) is 1.67. The standard InChI is InChI=1S/C11H15N/c12-8-11-7-10(11)6-9-4-2-1-3-5-9/h1-5,10-11H,6-8,12H2/t10-,11+/m1/s1. The van der Waals surface area contributed by atoms with Crippen molar-refractivity contribution in [1.29, 1.82) is 0 Å². The minimum absolute atomic E-state index is 0.810. The minimum atomic E-state index is 0.810. The Kier molecular flexibility index (Phi) is 2.13. The van der Waals surface area contributed by atoms with Crippen molar-refractivity contribution in [2.45, 2.75) is 12.8 Å². The van der Waals surface area contributed by atoms with Crippen LogP contribution in [0.3, 0.4) is 0 Å². The summed E-state index contributed by atoms with van der Waals surface area (Å²) in [7, 11) is 0. The predicted molar refractivity (Wildman–Crippen MR) is 50.8 cm³/mol. The van der Waals surface area contributed by atoms with E-state index in [1.54, 1.807) is 0 Å². The Morgan fingerprint density at radius 3 is 2.50 bits per heavy atom. The van der Waals surface area contributed by atoms with Crippen LogP contribution in [0.15, 0.2) is 30.3 Å². The summed E-state index contributed by atoms with van der Waals surface area (Å²) in [5.74, 6) is 1.68. The highest BCUT2D eigenvalue weighted by molar-refractivity contribution is 5.16. The average molecular weight is 161 g/mol. The predicted octanol–water partition coefficient (Wildman–Crippen LogP) is 1.82. The largest absolute Gasteiger partial charge is 0.330 e. The molecule has 1 aliphatic carbocycles. The molecule has 0 bridgehead atoms. The third-order valence-corrected chi connectivity index (χ3v) is 2.71. The molecule has 1 aromatic rings. The summed E-state index contributed by atoms with van der Waals surface area (Å²) in [6, 6.07) is 10.7. The second kappa shape index (κ2) is 3.28. The van der Waals surface area contributed by atoms with E-state index in [1.165, 1.54) is 18.4 Å². The van der Waals surface area contributed by atoms with E-state index in [4.69, 9.17) is 5.73 Å². The minimum Gasteiger partial charge on any atom is -0.330 e. The Morgan fingerprint density at radius 2 is 1.92 bits per heavy atom. The molecule has 0 spiro atoms. The van der Waals surface area contributed by atoms with Gasteiger partial charge in [0, 0.05) is 0 Å². The molecule has 2 N–H and O–H groups in total. The van der Waals surface area contributed by atoms with Crippen LogP contribution < -0.4 is 5.73 Å². The van der Waals surface area contributed by atoms with Gasteiger partial charge in [-0.15, -0.1) is 0 Å². The molecule has 1 saturated carbocycles. The number of hydrogen-bond donors (Lipinski definition) is 1. The summed E-state index contributed by atoms with van der Waals surface area (Å²) in [5, 5.41) is 0. The smallest absolute Gasteiger partial charge is 0.00460 e. The van der Waals surface area contributed by atoms with Crippen molar-refractivity contribution in [3.05, 3.63) is 35.9 Å². The van der Waals surface area contributed by atoms with Gasteiger partial charge in [-0.05, 0) is 36.8 Å². The summed E-state index contributed by atoms with van der Waals surface area (Å²) in [5.41, 5.74) is 7.03. The Labute approximate surface area is 73.6 Å². The molecule has 2 rings (SSSR count). The second-order valence-electron chi connectivity index (χ2n) is 3.68. The van der Waals surface area contributed by atoms with E-state index < -0.39 is 0 Å². The van der Waals surface area contributed by atoms with Crippen molar-refractivity contribution in [3.63, 3.8) is 0 Å². The molecule has 64 valence electrons. The Balaban J connectivity index is 1.89. The van der Waals surface area contributed by atoms with Crippen LogP contribution in [-0.2, 0) is 6.42 Å². The van der Waals surface area contributed by atoms with Crippen LogP contribution in [0.4, 0.5) is 0 Å². The highest BCUT2D eigenvalue weighted by Crippen LogP contribution is 2.39. The van der Waals surface area contributed by atoms with Crippen LogP contribution in [0, 0.1) is 11.8 Å². The molecule has 1 aliphatic rings. The lowest BCUT2D eigenvalue weighted by molar-refractivity contribution is 0.704. The number of benzene rings is 1. The van der Waals surface area contributed by atoms with Gasteiger partial charge in [0.2, 0.25) is 0 Å². The van der Waals surface area contributed by atoms with Gasteiger partial charge in [-0.1, -0.05) is 30.3 Å². The van der Waals surface area contributed by atoms with E-state index in [0.29, 0.717) is 0 Å². The Bertz CT molecular complexity index is 242. The van der Waals surface area contributed by atoms with Crippen LogP contribution in [0.5, 0.6) is 0 Å². The maximum Gasteiger partial charge on any atom is -0.00460 e. The molecular formula is C11H15N. The van der Waals surface area contributed by atoms with Gasteiger partial charge in [0.05, 0.1) is 0 Å². The van der Waals surface area contributed by atoms with Crippen molar-refractivity contribution in [3.8, 4) is 0 Å². The SMILES string of the molecule is NC[C@@H]1C[C@H]1Cc1ccccc1. The first kappa shape index (κ1) is 7.81. The maximum atomic E-state index is 5.58. The lowest BCUT2D eigenvalue weighted by Crippen LogP contribution is -2.03. The molecule has 0 heterocycles. The molecule has 0 unspecified atom stereocenters. The zero-order valence-corrected chi connectivity index (χ0v) is 7.24. The van der Waals surface area contributed by atoms with Gasteiger partial charge in [0.25, 0.3) is 0 Å². The number of nitrogens with two attached hydrogens (primary N) is 1. The van der Waals surface area contributed by atoms with Crippen molar-refractivity contribution in [2.75, 3.05) is 6.54 Å². The van der Waals surface area contributed by atoms with Crippen LogP contribution in [0.25, 0.3) is 0 Å². The Morgan fingerprint density at radius 1 is 1.17 bits per heavy atom. The zero-order valence-electron chi connectivity index (χ0n) is 7.24. The molecular weight excluding hydrogens is 146 g/mol. The fourth-order valence-corrected chi connectivity index (χ4v) is 1.77. The topological polar surface area (TPSA) is 26.0 Å². The van der Waals surface area contributed by atoms with Crippen molar-refractivity contribution in [2.24, 2.45) is 17.6 Å². The molecule has 1 fully saturated rings. The first-order valence-electron chi connectivity index (χ1n) is 4.64. The van der Waals surface area contributed by atoms with Gasteiger partial charge in [0.15, 0.2) is 0 Å². The van der Waals surface area contributed by atoms with Gasteiger partial charge >= 0.3 is 0 Å². The van der Waals surface area contributed by atoms with E-state index in [1.807, 2.05) is 0 Å². The quantitative estimate of drug-likeness (QED) is 0.719. The van der Waals surface area contributed by atoms with E-state index in [2.05, 4.69) is 30.3 Å². The van der Waals surface area contributed by atoms with E-state index >= 15 is 0 Å². The molecule has 0 aromatic heterocycles. The monoisotopic (exact) mass is 161 g/mol.